The summed E-state index contributed by atoms with van der Waals surface area (Å²) in [6.07, 6.45) is 0.882. The predicted molar refractivity (Wildman–Crippen MR) is 102 cm³/mol. The minimum atomic E-state index is -0.386. The van der Waals surface area contributed by atoms with Crippen molar-refractivity contribution in [3.8, 4) is 0 Å². The van der Waals surface area contributed by atoms with Crippen LogP contribution in [0.2, 0.25) is 0 Å². The van der Waals surface area contributed by atoms with Crippen molar-refractivity contribution in [1.82, 2.24) is 5.32 Å². The maximum Gasteiger partial charge on any atom is 0.275 e. The standard InChI is InChI=1S/C18H22N4O3S/c23-18(19-8-7-17-2-1-13-26-17)14-20-9-11-21(12-10-20)15-3-5-16(6-4-15)22(24)25/h1-6,13H,7-12,14H2,(H,19,23)/p+1. The van der Waals surface area contributed by atoms with Crippen LogP contribution in [0.1, 0.15) is 4.88 Å². The maximum absolute atomic E-state index is 12.1. The molecule has 3 rings (SSSR count). The minimum Gasteiger partial charge on any atom is -0.360 e. The first-order valence-corrected chi connectivity index (χ1v) is 9.62. The van der Waals surface area contributed by atoms with Crippen LogP contribution in [0.3, 0.4) is 0 Å². The highest BCUT2D eigenvalue weighted by atomic mass is 32.1. The van der Waals surface area contributed by atoms with E-state index in [9.17, 15) is 14.9 Å². The molecule has 1 aromatic carbocycles. The van der Waals surface area contributed by atoms with Gasteiger partial charge in [0.2, 0.25) is 0 Å². The van der Waals surface area contributed by atoms with Gasteiger partial charge in [-0.1, -0.05) is 6.07 Å². The molecule has 1 fully saturated rings. The van der Waals surface area contributed by atoms with E-state index in [1.807, 2.05) is 11.4 Å². The molecule has 1 saturated heterocycles. The number of nitro groups is 1. The summed E-state index contributed by atoms with van der Waals surface area (Å²) in [7, 11) is 0. The first kappa shape index (κ1) is 18.3. The summed E-state index contributed by atoms with van der Waals surface area (Å²) in [6, 6.07) is 10.8. The Labute approximate surface area is 156 Å². The number of quaternary nitrogens is 1. The van der Waals surface area contributed by atoms with E-state index in [0.717, 1.165) is 38.3 Å². The van der Waals surface area contributed by atoms with Gasteiger partial charge in [0.1, 0.15) is 0 Å². The topological polar surface area (TPSA) is 79.9 Å². The molecule has 2 N–H and O–H groups in total. The van der Waals surface area contributed by atoms with E-state index >= 15 is 0 Å². The summed E-state index contributed by atoms with van der Waals surface area (Å²) in [4.78, 5) is 27.2. The number of carbonyl (C=O) groups excluding carboxylic acids is 1. The number of piperazine rings is 1. The molecule has 0 saturated carbocycles. The second-order valence-corrected chi connectivity index (χ2v) is 7.40. The number of amides is 1. The molecule has 0 aliphatic carbocycles. The highest BCUT2D eigenvalue weighted by molar-refractivity contribution is 7.09. The minimum absolute atomic E-state index is 0.0975. The Kier molecular flexibility index (Phi) is 6.19. The van der Waals surface area contributed by atoms with E-state index in [0.29, 0.717) is 13.1 Å². The van der Waals surface area contributed by atoms with Crippen molar-refractivity contribution >= 4 is 28.6 Å². The molecular weight excluding hydrogens is 352 g/mol. The van der Waals surface area contributed by atoms with Crippen molar-refractivity contribution in [3.05, 3.63) is 56.8 Å². The van der Waals surface area contributed by atoms with E-state index in [1.54, 1.807) is 23.5 Å². The van der Waals surface area contributed by atoms with Gasteiger partial charge in [-0.25, -0.2) is 0 Å². The molecule has 0 radical (unpaired) electrons. The summed E-state index contributed by atoms with van der Waals surface area (Å²) in [6.45, 7) is 4.63. The molecule has 7 nitrogen and oxygen atoms in total. The second kappa shape index (κ2) is 8.77. The molecule has 2 aromatic rings. The molecule has 0 bridgehead atoms. The zero-order valence-corrected chi connectivity index (χ0v) is 15.3. The van der Waals surface area contributed by atoms with Crippen LogP contribution in [0.15, 0.2) is 41.8 Å². The summed E-state index contributed by atoms with van der Waals surface area (Å²) in [5.74, 6) is 0.0975. The van der Waals surface area contributed by atoms with Gasteiger partial charge >= 0.3 is 0 Å². The van der Waals surface area contributed by atoms with Crippen molar-refractivity contribution in [1.29, 1.82) is 0 Å². The van der Waals surface area contributed by atoms with Crippen molar-refractivity contribution in [2.75, 3.05) is 44.2 Å². The molecule has 8 heteroatoms. The monoisotopic (exact) mass is 375 g/mol. The predicted octanol–water partition coefficient (Wildman–Crippen LogP) is 0.720. The molecule has 1 aliphatic heterocycles. The van der Waals surface area contributed by atoms with Gasteiger partial charge < -0.3 is 15.1 Å². The van der Waals surface area contributed by atoms with Gasteiger partial charge in [-0.15, -0.1) is 11.3 Å². The van der Waals surface area contributed by atoms with Gasteiger partial charge in [0.15, 0.2) is 6.54 Å². The lowest BCUT2D eigenvalue weighted by molar-refractivity contribution is -0.892. The number of anilines is 1. The average molecular weight is 375 g/mol. The third kappa shape index (κ3) is 5.03. The van der Waals surface area contributed by atoms with Crippen molar-refractivity contribution in [2.24, 2.45) is 0 Å². The Bertz CT molecular complexity index is 725. The third-order valence-electron chi connectivity index (χ3n) is 4.58. The number of hydrogen-bond acceptors (Lipinski definition) is 5. The number of carbonyl (C=O) groups is 1. The third-order valence-corrected chi connectivity index (χ3v) is 5.52. The average Bonchev–Trinajstić information content (AvgIpc) is 3.16. The largest absolute Gasteiger partial charge is 0.360 e. The second-order valence-electron chi connectivity index (χ2n) is 6.37. The zero-order chi connectivity index (χ0) is 18.4. The Morgan fingerprint density at radius 1 is 1.23 bits per heavy atom. The van der Waals surface area contributed by atoms with Crippen molar-refractivity contribution in [2.45, 2.75) is 6.42 Å². The Morgan fingerprint density at radius 2 is 1.96 bits per heavy atom. The van der Waals surface area contributed by atoms with Gasteiger partial charge in [-0.05, 0) is 30.0 Å². The Morgan fingerprint density at radius 3 is 2.58 bits per heavy atom. The van der Waals surface area contributed by atoms with Gasteiger partial charge in [0, 0.05) is 29.2 Å². The first-order valence-electron chi connectivity index (χ1n) is 8.74. The highest BCUT2D eigenvalue weighted by Gasteiger charge is 2.22. The lowest BCUT2D eigenvalue weighted by atomic mass is 10.2. The number of rotatable bonds is 7. The maximum atomic E-state index is 12.1. The Hall–Kier alpha value is -2.45. The summed E-state index contributed by atoms with van der Waals surface area (Å²) < 4.78 is 0. The lowest BCUT2D eigenvalue weighted by Crippen LogP contribution is -3.16. The quantitative estimate of drug-likeness (QED) is 0.552. The van der Waals surface area contributed by atoms with Crippen LogP contribution in [0.4, 0.5) is 11.4 Å². The smallest absolute Gasteiger partial charge is 0.275 e. The van der Waals surface area contributed by atoms with E-state index in [4.69, 9.17) is 0 Å². The van der Waals surface area contributed by atoms with Crippen LogP contribution in [-0.4, -0.2) is 50.1 Å². The molecule has 138 valence electrons. The van der Waals surface area contributed by atoms with Gasteiger partial charge in [-0.2, -0.15) is 0 Å². The number of nitro benzene ring substituents is 1. The molecule has 1 amide bonds. The molecule has 0 atom stereocenters. The summed E-state index contributed by atoms with van der Waals surface area (Å²) in [5.41, 5.74) is 1.10. The molecule has 1 aliphatic rings. The van der Waals surface area contributed by atoms with Crippen molar-refractivity contribution in [3.63, 3.8) is 0 Å². The first-order chi connectivity index (χ1) is 12.6. The summed E-state index contributed by atoms with van der Waals surface area (Å²) >= 11 is 1.71. The van der Waals surface area contributed by atoms with Crippen LogP contribution >= 0.6 is 11.3 Å². The Balaban J connectivity index is 1.39. The fourth-order valence-corrected chi connectivity index (χ4v) is 3.82. The highest BCUT2D eigenvalue weighted by Crippen LogP contribution is 2.19. The normalized spacial score (nSPS) is 15.0. The van der Waals surface area contributed by atoms with Gasteiger partial charge in [-0.3, -0.25) is 14.9 Å². The van der Waals surface area contributed by atoms with Gasteiger partial charge in [0.25, 0.3) is 11.6 Å². The van der Waals surface area contributed by atoms with E-state index < -0.39 is 0 Å². The van der Waals surface area contributed by atoms with Crippen LogP contribution in [0.25, 0.3) is 0 Å². The fraction of sp³-hybridized carbons (Fsp3) is 0.389. The van der Waals surface area contributed by atoms with Crippen LogP contribution in [0.5, 0.6) is 0 Å². The fourth-order valence-electron chi connectivity index (χ4n) is 3.11. The molecule has 0 unspecified atom stereocenters. The number of benzene rings is 1. The zero-order valence-electron chi connectivity index (χ0n) is 14.5. The molecule has 1 aromatic heterocycles. The van der Waals surface area contributed by atoms with Crippen LogP contribution in [0, 0.1) is 10.1 Å². The lowest BCUT2D eigenvalue weighted by Gasteiger charge is -2.33. The SMILES string of the molecule is O=C(C[NH+]1CCN(c2ccc([N+](=O)[O-])cc2)CC1)NCCc1cccs1. The van der Waals surface area contributed by atoms with E-state index in [1.165, 1.54) is 21.9 Å². The van der Waals surface area contributed by atoms with E-state index in [2.05, 4.69) is 16.3 Å². The molecular formula is C18H23N4O3S+. The number of hydrogen-bond donors (Lipinski definition) is 2. The molecule has 0 spiro atoms. The number of nitrogens with zero attached hydrogens (tertiary/aromatic N) is 2. The molecule has 26 heavy (non-hydrogen) atoms. The number of thiophene rings is 1. The van der Waals surface area contributed by atoms with E-state index in [-0.39, 0.29) is 16.5 Å². The van der Waals surface area contributed by atoms with Crippen LogP contribution < -0.4 is 15.1 Å². The van der Waals surface area contributed by atoms with Crippen molar-refractivity contribution < 1.29 is 14.6 Å². The summed E-state index contributed by atoms with van der Waals surface area (Å²) in [5, 5.41) is 15.8. The van der Waals surface area contributed by atoms with Gasteiger partial charge in [0.05, 0.1) is 31.1 Å². The van der Waals surface area contributed by atoms with Crippen LogP contribution in [-0.2, 0) is 11.2 Å². The number of non-ortho nitro benzene ring substituents is 1. The number of nitrogens with one attached hydrogen (secondary N) is 2. The molecule has 2 heterocycles.